The van der Waals surface area contributed by atoms with Gasteiger partial charge in [0, 0.05) is 11.4 Å². The molecule has 0 unspecified atom stereocenters. The van der Waals surface area contributed by atoms with Gasteiger partial charge in [-0.25, -0.2) is 4.98 Å². The van der Waals surface area contributed by atoms with Crippen LogP contribution in [0.25, 0.3) is 0 Å². The van der Waals surface area contributed by atoms with E-state index >= 15 is 0 Å². The third-order valence-corrected chi connectivity index (χ3v) is 3.00. The van der Waals surface area contributed by atoms with Crippen LogP contribution in [0.15, 0.2) is 24.5 Å². The Morgan fingerprint density at radius 1 is 1.37 bits per heavy atom. The highest BCUT2D eigenvalue weighted by atomic mass is 35.5. The van der Waals surface area contributed by atoms with E-state index < -0.39 is 11.7 Å². The fraction of sp³-hybridized carbons (Fsp3) is 0.250. The van der Waals surface area contributed by atoms with Crippen molar-refractivity contribution in [3.63, 3.8) is 0 Å². The van der Waals surface area contributed by atoms with Gasteiger partial charge in [0.1, 0.15) is 0 Å². The van der Waals surface area contributed by atoms with Crippen LogP contribution in [0.2, 0.25) is 5.02 Å². The fourth-order valence-electron chi connectivity index (χ4n) is 1.60. The van der Waals surface area contributed by atoms with Gasteiger partial charge in [0.2, 0.25) is 0 Å². The zero-order valence-corrected chi connectivity index (χ0v) is 10.7. The van der Waals surface area contributed by atoms with Gasteiger partial charge < -0.3 is 10.3 Å². The second kappa shape index (κ2) is 5.13. The molecule has 7 heteroatoms. The minimum Gasteiger partial charge on any atom is -0.379 e. The van der Waals surface area contributed by atoms with Crippen LogP contribution in [-0.4, -0.2) is 9.97 Å². The van der Waals surface area contributed by atoms with Crippen LogP contribution in [-0.2, 0) is 12.7 Å². The van der Waals surface area contributed by atoms with Gasteiger partial charge >= 0.3 is 6.18 Å². The Bertz CT molecular complexity index is 578. The first-order valence-electron chi connectivity index (χ1n) is 5.47. The summed E-state index contributed by atoms with van der Waals surface area (Å²) in [5.74, 6) is 0. The first-order valence-corrected chi connectivity index (χ1v) is 5.85. The van der Waals surface area contributed by atoms with Crippen LogP contribution >= 0.6 is 11.6 Å². The number of rotatable bonds is 3. The van der Waals surface area contributed by atoms with Gasteiger partial charge in [-0.1, -0.05) is 11.6 Å². The zero-order valence-electron chi connectivity index (χ0n) is 9.98. The van der Waals surface area contributed by atoms with E-state index in [0.717, 1.165) is 17.5 Å². The molecule has 102 valence electrons. The van der Waals surface area contributed by atoms with Gasteiger partial charge in [-0.15, -0.1) is 0 Å². The van der Waals surface area contributed by atoms with Crippen molar-refractivity contribution in [3.05, 3.63) is 46.5 Å². The Labute approximate surface area is 112 Å². The van der Waals surface area contributed by atoms with Crippen molar-refractivity contribution in [3.8, 4) is 0 Å². The van der Waals surface area contributed by atoms with Crippen LogP contribution in [0.1, 0.15) is 17.0 Å². The summed E-state index contributed by atoms with van der Waals surface area (Å²) in [5.41, 5.74) is 1.12. The van der Waals surface area contributed by atoms with E-state index in [9.17, 15) is 13.2 Å². The smallest absolute Gasteiger partial charge is 0.379 e. The van der Waals surface area contributed by atoms with Crippen LogP contribution in [0.3, 0.4) is 0 Å². The largest absolute Gasteiger partial charge is 0.417 e. The van der Waals surface area contributed by atoms with E-state index in [4.69, 9.17) is 11.6 Å². The summed E-state index contributed by atoms with van der Waals surface area (Å²) in [4.78, 5) is 6.95. The monoisotopic (exact) mass is 289 g/mol. The lowest BCUT2D eigenvalue weighted by Gasteiger charge is -2.12. The average molecular weight is 290 g/mol. The molecule has 1 heterocycles. The molecule has 0 aliphatic carbocycles. The second-order valence-electron chi connectivity index (χ2n) is 4.02. The highest BCUT2D eigenvalue weighted by Crippen LogP contribution is 2.36. The van der Waals surface area contributed by atoms with Crippen LogP contribution in [0.4, 0.5) is 18.9 Å². The maximum Gasteiger partial charge on any atom is 0.417 e. The van der Waals surface area contributed by atoms with Crippen molar-refractivity contribution >= 4 is 17.3 Å². The molecule has 0 fully saturated rings. The minimum absolute atomic E-state index is 0.311. The van der Waals surface area contributed by atoms with Gasteiger partial charge in [-0.2, -0.15) is 13.2 Å². The molecule has 19 heavy (non-hydrogen) atoms. The molecule has 2 aromatic rings. The molecule has 0 amide bonds. The standard InChI is InChI=1S/C12H11ClF3N3/c1-7-11(19-6-18-7)5-17-8-2-3-10(13)9(4-8)12(14,15)16/h2-4,6,17H,5H2,1H3,(H,18,19). The summed E-state index contributed by atoms with van der Waals surface area (Å²) < 4.78 is 38.0. The number of aromatic nitrogens is 2. The quantitative estimate of drug-likeness (QED) is 0.896. The lowest BCUT2D eigenvalue weighted by molar-refractivity contribution is -0.137. The number of hydrogen-bond acceptors (Lipinski definition) is 2. The Morgan fingerprint density at radius 2 is 2.11 bits per heavy atom. The maximum atomic E-state index is 12.7. The molecular weight excluding hydrogens is 279 g/mol. The minimum atomic E-state index is -4.46. The normalized spacial score (nSPS) is 11.6. The Morgan fingerprint density at radius 3 is 2.68 bits per heavy atom. The highest BCUT2D eigenvalue weighted by molar-refractivity contribution is 6.31. The summed E-state index contributed by atoms with van der Waals surface area (Å²) in [5, 5.41) is 2.58. The van der Waals surface area contributed by atoms with Gasteiger partial charge in [0.15, 0.2) is 0 Å². The number of nitrogens with zero attached hydrogens (tertiary/aromatic N) is 1. The number of benzene rings is 1. The van der Waals surface area contributed by atoms with E-state index in [-0.39, 0.29) is 5.02 Å². The highest BCUT2D eigenvalue weighted by Gasteiger charge is 2.33. The van der Waals surface area contributed by atoms with Crippen LogP contribution in [0, 0.1) is 6.92 Å². The van der Waals surface area contributed by atoms with Crippen molar-refractivity contribution < 1.29 is 13.2 Å². The van der Waals surface area contributed by atoms with Crippen LogP contribution < -0.4 is 5.32 Å². The molecule has 2 N–H and O–H groups in total. The number of aromatic amines is 1. The first kappa shape index (κ1) is 13.7. The topological polar surface area (TPSA) is 40.7 Å². The summed E-state index contributed by atoms with van der Waals surface area (Å²) in [6, 6.07) is 3.72. The molecule has 0 aliphatic heterocycles. The number of alkyl halides is 3. The van der Waals surface area contributed by atoms with E-state index in [1.54, 1.807) is 0 Å². The molecule has 0 saturated carbocycles. The van der Waals surface area contributed by atoms with Gasteiger partial charge in [-0.3, -0.25) is 0 Å². The number of nitrogens with one attached hydrogen (secondary N) is 2. The van der Waals surface area contributed by atoms with E-state index in [2.05, 4.69) is 15.3 Å². The molecule has 0 saturated heterocycles. The lowest BCUT2D eigenvalue weighted by Crippen LogP contribution is -2.08. The Balaban J connectivity index is 2.16. The molecule has 0 radical (unpaired) electrons. The molecular formula is C12H11ClF3N3. The predicted octanol–water partition coefficient (Wildman–Crippen LogP) is 4.00. The summed E-state index contributed by atoms with van der Waals surface area (Å²) in [6.45, 7) is 2.18. The number of hydrogen-bond donors (Lipinski definition) is 2. The molecule has 1 aromatic heterocycles. The first-order chi connectivity index (χ1) is 8.88. The molecule has 0 aliphatic rings. The second-order valence-corrected chi connectivity index (χ2v) is 4.43. The molecule has 2 rings (SSSR count). The van der Waals surface area contributed by atoms with Crippen LogP contribution in [0.5, 0.6) is 0 Å². The molecule has 0 spiro atoms. The molecule has 3 nitrogen and oxygen atoms in total. The Hall–Kier alpha value is -1.69. The van der Waals surface area contributed by atoms with Gasteiger partial charge in [-0.05, 0) is 25.1 Å². The predicted molar refractivity (Wildman–Crippen MR) is 67.1 cm³/mol. The van der Waals surface area contributed by atoms with Crippen molar-refractivity contribution in [2.24, 2.45) is 0 Å². The fourth-order valence-corrected chi connectivity index (χ4v) is 1.83. The summed E-state index contributed by atoms with van der Waals surface area (Å²) in [7, 11) is 0. The third-order valence-electron chi connectivity index (χ3n) is 2.67. The molecule has 1 aromatic carbocycles. The third kappa shape index (κ3) is 3.20. The lowest BCUT2D eigenvalue weighted by atomic mass is 10.2. The maximum absolute atomic E-state index is 12.7. The van der Waals surface area contributed by atoms with Gasteiger partial charge in [0.05, 0.1) is 29.2 Å². The molecule has 0 atom stereocenters. The number of imidazole rings is 1. The number of anilines is 1. The van der Waals surface area contributed by atoms with E-state index in [0.29, 0.717) is 12.2 Å². The van der Waals surface area contributed by atoms with Crippen molar-refractivity contribution in [2.45, 2.75) is 19.6 Å². The summed E-state index contributed by atoms with van der Waals surface area (Å²) in [6.07, 6.45) is -2.92. The van der Waals surface area contributed by atoms with Crippen molar-refractivity contribution in [1.29, 1.82) is 0 Å². The van der Waals surface area contributed by atoms with Gasteiger partial charge in [0.25, 0.3) is 0 Å². The number of aryl methyl sites for hydroxylation is 1. The van der Waals surface area contributed by atoms with Crippen molar-refractivity contribution in [2.75, 3.05) is 5.32 Å². The van der Waals surface area contributed by atoms with E-state index in [1.807, 2.05) is 6.92 Å². The zero-order chi connectivity index (χ0) is 14.0. The van der Waals surface area contributed by atoms with E-state index in [1.165, 1.54) is 18.5 Å². The number of halogens is 4. The SMILES string of the molecule is Cc1[nH]cnc1CNc1ccc(Cl)c(C(F)(F)F)c1. The summed E-state index contributed by atoms with van der Waals surface area (Å²) >= 11 is 5.54. The van der Waals surface area contributed by atoms with Crippen molar-refractivity contribution in [1.82, 2.24) is 9.97 Å². The Kier molecular flexibility index (Phi) is 3.71. The average Bonchev–Trinajstić information content (AvgIpc) is 2.72. The molecule has 0 bridgehead atoms. The number of H-pyrrole nitrogens is 1.